The fraction of sp³-hybridized carbons (Fsp3) is 0.686. The Morgan fingerprint density at radius 1 is 1.05 bits per heavy atom. The molecule has 1 aromatic carbocycles. The van der Waals surface area contributed by atoms with Crippen molar-refractivity contribution in [1.29, 1.82) is 0 Å². The van der Waals surface area contributed by atoms with Crippen molar-refractivity contribution >= 4 is 22.6 Å². The Hall–Kier alpha value is -1.70. The van der Waals surface area contributed by atoms with E-state index >= 15 is 0 Å². The van der Waals surface area contributed by atoms with E-state index in [4.69, 9.17) is 15.3 Å². The number of terminal acetylenes is 1. The molecule has 2 N–H and O–H groups in total. The molecule has 1 aliphatic rings. The van der Waals surface area contributed by atoms with Gasteiger partial charge in [-0.3, -0.25) is 0 Å². The van der Waals surface area contributed by atoms with E-state index in [9.17, 15) is 15.0 Å². The Bertz CT molecular complexity index is 1110. The number of aliphatic hydroxyl groups excluding tert-OH is 1. The van der Waals surface area contributed by atoms with Gasteiger partial charge in [-0.1, -0.05) is 104 Å². The van der Waals surface area contributed by atoms with E-state index in [-0.39, 0.29) is 22.1 Å². The molecular weight excluding hydrogens is 557 g/mol. The van der Waals surface area contributed by atoms with E-state index in [1.807, 2.05) is 6.07 Å². The van der Waals surface area contributed by atoms with Crippen LogP contribution in [0.15, 0.2) is 36.4 Å². The molecule has 1 fully saturated rings. The topological polar surface area (TPSA) is 76.0 Å². The largest absolute Gasteiger partial charge is 0.478 e. The molecule has 0 radical (unpaired) electrons. The van der Waals surface area contributed by atoms with Crippen LogP contribution in [-0.4, -0.2) is 44.7 Å². The Morgan fingerprint density at radius 3 is 2.07 bits per heavy atom. The number of hydrogen-bond donors (Lipinski definition) is 2. The van der Waals surface area contributed by atoms with Crippen LogP contribution >= 0.6 is 0 Å². The van der Waals surface area contributed by atoms with Gasteiger partial charge in [0.25, 0.3) is 0 Å². The molecule has 3 atom stereocenters. The van der Waals surface area contributed by atoms with E-state index < -0.39 is 45.8 Å². The van der Waals surface area contributed by atoms with Gasteiger partial charge in [-0.25, -0.2) is 4.79 Å². The number of carboxylic acid groups (broad SMARTS) is 1. The van der Waals surface area contributed by atoms with Gasteiger partial charge in [0.2, 0.25) is 0 Å². The fourth-order valence-corrected chi connectivity index (χ4v) is 8.53. The fourth-order valence-electron chi connectivity index (χ4n) is 5.58. The molecule has 1 saturated carbocycles. The molecule has 0 aliphatic heterocycles. The molecule has 7 heteroatoms. The van der Waals surface area contributed by atoms with Crippen LogP contribution in [0.2, 0.25) is 36.3 Å². The Labute approximate surface area is 258 Å². The van der Waals surface area contributed by atoms with Crippen LogP contribution in [-0.2, 0) is 8.85 Å². The van der Waals surface area contributed by atoms with Crippen molar-refractivity contribution in [3.05, 3.63) is 47.5 Å². The van der Waals surface area contributed by atoms with E-state index in [0.717, 1.165) is 25.7 Å². The van der Waals surface area contributed by atoms with E-state index in [1.54, 1.807) is 18.2 Å². The number of carbonyl (C=O) groups is 1. The number of allylic oxidation sites excluding steroid dienone is 1. The van der Waals surface area contributed by atoms with Crippen LogP contribution in [0, 0.1) is 17.8 Å². The molecule has 0 aromatic heterocycles. The number of hydrogen-bond acceptors (Lipinski definition) is 4. The second kappa shape index (κ2) is 13.5. The van der Waals surface area contributed by atoms with Gasteiger partial charge in [0.1, 0.15) is 0 Å². The maximum Gasteiger partial charge on any atom is 0.336 e. The molecule has 1 aromatic rings. The van der Waals surface area contributed by atoms with Gasteiger partial charge in [-0.2, -0.15) is 0 Å². The van der Waals surface area contributed by atoms with Gasteiger partial charge in [0.05, 0.1) is 17.6 Å². The second-order valence-corrected chi connectivity index (χ2v) is 24.8. The molecule has 3 unspecified atom stereocenters. The average molecular weight is 615 g/mol. The summed E-state index contributed by atoms with van der Waals surface area (Å²) in [4.78, 5) is 12.3. The molecule has 236 valence electrons. The maximum absolute atomic E-state index is 12.3. The van der Waals surface area contributed by atoms with Gasteiger partial charge in [-0.15, -0.1) is 6.42 Å². The summed E-state index contributed by atoms with van der Waals surface area (Å²) >= 11 is 0. The zero-order valence-electron chi connectivity index (χ0n) is 28.3. The third-order valence-electron chi connectivity index (χ3n) is 10.1. The first-order valence-electron chi connectivity index (χ1n) is 15.7. The van der Waals surface area contributed by atoms with Gasteiger partial charge in [0.15, 0.2) is 22.4 Å². The average Bonchev–Trinajstić information content (AvgIpc) is 3.10. The SMILES string of the molecule is C#CC(c1ccccc1C(=O)O)C1(C=CCCCCCC)CC(O[Si](C)(C)C(C)(C)C)(O[Si](C)(C)C(C)(C)C)CC1O. The summed E-state index contributed by atoms with van der Waals surface area (Å²) in [7, 11) is -4.77. The predicted octanol–water partition coefficient (Wildman–Crippen LogP) is 9.51. The van der Waals surface area contributed by atoms with Gasteiger partial charge >= 0.3 is 5.97 Å². The number of aromatic carboxylic acids is 1. The van der Waals surface area contributed by atoms with E-state index in [0.29, 0.717) is 12.0 Å². The van der Waals surface area contributed by atoms with Crippen molar-refractivity contribution in [1.82, 2.24) is 0 Å². The Kier molecular flexibility index (Phi) is 11.7. The summed E-state index contributed by atoms with van der Waals surface area (Å²) < 4.78 is 14.5. The van der Waals surface area contributed by atoms with E-state index in [1.165, 1.54) is 6.42 Å². The normalized spacial score (nSPS) is 22.3. The zero-order valence-corrected chi connectivity index (χ0v) is 30.3. The Balaban J connectivity index is 2.79. The first-order chi connectivity index (χ1) is 19.2. The molecule has 0 bridgehead atoms. The van der Waals surface area contributed by atoms with Gasteiger partial charge in [-0.05, 0) is 60.7 Å². The van der Waals surface area contributed by atoms with Crippen LogP contribution in [0.4, 0.5) is 0 Å². The molecule has 5 nitrogen and oxygen atoms in total. The van der Waals surface area contributed by atoms with Crippen molar-refractivity contribution < 1.29 is 23.9 Å². The predicted molar refractivity (Wildman–Crippen MR) is 180 cm³/mol. The first-order valence-corrected chi connectivity index (χ1v) is 21.5. The third-order valence-corrected chi connectivity index (χ3v) is 19.0. The summed E-state index contributed by atoms with van der Waals surface area (Å²) in [6.07, 6.45) is 15.7. The number of benzene rings is 1. The highest BCUT2D eigenvalue weighted by atomic mass is 28.4. The van der Waals surface area contributed by atoms with Crippen molar-refractivity contribution in [2.45, 2.75) is 147 Å². The molecule has 0 saturated heterocycles. The van der Waals surface area contributed by atoms with Crippen LogP contribution < -0.4 is 0 Å². The quantitative estimate of drug-likeness (QED) is 0.0761. The van der Waals surface area contributed by atoms with Crippen LogP contribution in [0.25, 0.3) is 0 Å². The first kappa shape index (κ1) is 36.5. The zero-order chi connectivity index (χ0) is 32.2. The van der Waals surface area contributed by atoms with Crippen molar-refractivity contribution in [3.8, 4) is 12.3 Å². The lowest BCUT2D eigenvalue weighted by molar-refractivity contribution is -0.135. The summed E-state index contributed by atoms with van der Waals surface area (Å²) in [6.45, 7) is 24.3. The molecule has 42 heavy (non-hydrogen) atoms. The maximum atomic E-state index is 12.3. The lowest BCUT2D eigenvalue weighted by Crippen LogP contribution is -2.56. The van der Waals surface area contributed by atoms with Crippen molar-refractivity contribution in [2.75, 3.05) is 0 Å². The Morgan fingerprint density at radius 2 is 1.60 bits per heavy atom. The van der Waals surface area contributed by atoms with Crippen LogP contribution in [0.5, 0.6) is 0 Å². The third kappa shape index (κ3) is 8.06. The number of carboxylic acids is 1. The molecule has 2 rings (SSSR count). The smallest absolute Gasteiger partial charge is 0.336 e. The number of rotatable bonds is 13. The van der Waals surface area contributed by atoms with Crippen molar-refractivity contribution in [2.24, 2.45) is 5.41 Å². The monoisotopic (exact) mass is 614 g/mol. The lowest BCUT2D eigenvalue weighted by atomic mass is 9.68. The van der Waals surface area contributed by atoms with E-state index in [2.05, 4.69) is 92.7 Å². The minimum absolute atomic E-state index is 0.0798. The minimum Gasteiger partial charge on any atom is -0.478 e. The molecule has 0 spiro atoms. The summed E-state index contributed by atoms with van der Waals surface area (Å²) in [5.74, 6) is 0.188. The molecule has 0 amide bonds. The highest BCUT2D eigenvalue weighted by molar-refractivity contribution is 6.75. The summed E-state index contributed by atoms with van der Waals surface area (Å²) in [5.41, 5.74) is -0.260. The number of aliphatic hydroxyl groups is 1. The van der Waals surface area contributed by atoms with Crippen molar-refractivity contribution in [3.63, 3.8) is 0 Å². The minimum atomic E-state index is -2.38. The molecular formula is C35H58O5Si2. The standard InChI is InChI=1S/C35H58O5Si2/c1-13-15-16-17-18-21-24-34(29(14-2)27-22-19-20-23-28(27)31(37)38)26-35(25-30(34)36,39-41(9,10)32(3,4)5)40-42(11,12)33(6,7)8/h2,19-24,29-30,36H,13,15-18,25-26H2,1,3-12H3,(H,37,38). The molecule has 1 aliphatic carbocycles. The number of unbranched alkanes of at least 4 members (excludes halogenated alkanes) is 4. The van der Waals surface area contributed by atoms with Crippen LogP contribution in [0.3, 0.4) is 0 Å². The summed E-state index contributed by atoms with van der Waals surface area (Å²) in [5, 5.41) is 22.1. The lowest BCUT2D eigenvalue weighted by Gasteiger charge is -2.50. The van der Waals surface area contributed by atoms with Gasteiger partial charge in [0, 0.05) is 18.3 Å². The highest BCUT2D eigenvalue weighted by Crippen LogP contribution is 2.59. The summed E-state index contributed by atoms with van der Waals surface area (Å²) in [6, 6.07) is 6.92. The van der Waals surface area contributed by atoms with Gasteiger partial charge < -0.3 is 19.1 Å². The second-order valence-electron chi connectivity index (χ2n) is 15.4. The highest BCUT2D eigenvalue weighted by Gasteiger charge is 2.62. The molecule has 0 heterocycles. The van der Waals surface area contributed by atoms with Crippen LogP contribution in [0.1, 0.15) is 115 Å².